The molecule has 5 heteroatoms. The van der Waals surface area contributed by atoms with Crippen LogP contribution in [0.1, 0.15) is 18.7 Å². The van der Waals surface area contributed by atoms with Gasteiger partial charge in [0.1, 0.15) is 11.5 Å². The van der Waals surface area contributed by atoms with Crippen molar-refractivity contribution in [1.82, 2.24) is 9.97 Å². The van der Waals surface area contributed by atoms with Gasteiger partial charge in [0.25, 0.3) is 0 Å². The molecule has 0 unspecified atom stereocenters. The summed E-state index contributed by atoms with van der Waals surface area (Å²) >= 11 is 5.80. The highest BCUT2D eigenvalue weighted by Gasteiger charge is 2.02. The Balaban J connectivity index is 2.14. The average Bonchev–Trinajstić information content (AvgIpc) is 2.29. The number of nitrogens with zero attached hydrogens (tertiary/aromatic N) is 2. The Hall–Kier alpha value is -1.65. The van der Waals surface area contributed by atoms with Gasteiger partial charge in [-0.05, 0) is 19.1 Å². The maximum Gasteiger partial charge on any atom is 0.147 e. The zero-order chi connectivity index (χ0) is 12.3. The molecule has 0 aliphatic rings. The van der Waals surface area contributed by atoms with E-state index >= 15 is 0 Å². The quantitative estimate of drug-likeness (QED) is 0.909. The highest BCUT2D eigenvalue weighted by atomic mass is 35.5. The third kappa shape index (κ3) is 3.15. The van der Waals surface area contributed by atoms with Crippen LogP contribution in [0.3, 0.4) is 0 Å². The van der Waals surface area contributed by atoms with Gasteiger partial charge in [-0.15, -0.1) is 0 Å². The van der Waals surface area contributed by atoms with E-state index in [2.05, 4.69) is 9.97 Å². The molecule has 2 aromatic rings. The van der Waals surface area contributed by atoms with Crippen molar-refractivity contribution in [2.45, 2.75) is 13.0 Å². The summed E-state index contributed by atoms with van der Waals surface area (Å²) in [7, 11) is 0. The largest absolute Gasteiger partial charge is 0.454 e. The normalized spacial score (nSPS) is 12.2. The standard InChI is InChI=1S/C12H12ClN3O/c1-8(14)12-3-2-10(7-16-12)17-11-4-9(13)5-15-6-11/h2-8H,14H2,1H3/t8-/m1/s1. The molecular formula is C12H12ClN3O. The van der Waals surface area contributed by atoms with E-state index in [0.717, 1.165) is 5.69 Å². The summed E-state index contributed by atoms with van der Waals surface area (Å²) in [4.78, 5) is 8.12. The number of nitrogens with two attached hydrogens (primary N) is 1. The Morgan fingerprint density at radius 2 is 2.06 bits per heavy atom. The van der Waals surface area contributed by atoms with Gasteiger partial charge in [-0.25, -0.2) is 0 Å². The van der Waals surface area contributed by atoms with Gasteiger partial charge in [-0.2, -0.15) is 0 Å². The number of ether oxygens (including phenoxy) is 1. The lowest BCUT2D eigenvalue weighted by Crippen LogP contribution is -2.06. The van der Waals surface area contributed by atoms with Gasteiger partial charge in [-0.1, -0.05) is 11.6 Å². The summed E-state index contributed by atoms with van der Waals surface area (Å²) in [5.41, 5.74) is 6.53. The van der Waals surface area contributed by atoms with Crippen LogP contribution >= 0.6 is 11.6 Å². The Labute approximate surface area is 104 Å². The first kappa shape index (κ1) is 11.8. The summed E-state index contributed by atoms with van der Waals surface area (Å²) < 4.78 is 5.54. The van der Waals surface area contributed by atoms with Crippen LogP contribution in [-0.4, -0.2) is 9.97 Å². The summed E-state index contributed by atoms with van der Waals surface area (Å²) in [5.74, 6) is 1.20. The third-order valence-corrected chi connectivity index (χ3v) is 2.35. The summed E-state index contributed by atoms with van der Waals surface area (Å²) in [6.45, 7) is 1.88. The molecule has 4 nitrogen and oxygen atoms in total. The molecular weight excluding hydrogens is 238 g/mol. The van der Waals surface area contributed by atoms with E-state index in [9.17, 15) is 0 Å². The summed E-state index contributed by atoms with van der Waals surface area (Å²) in [6, 6.07) is 5.25. The van der Waals surface area contributed by atoms with Crippen LogP contribution in [-0.2, 0) is 0 Å². The average molecular weight is 250 g/mol. The number of pyridine rings is 2. The van der Waals surface area contributed by atoms with Gasteiger partial charge in [0.15, 0.2) is 0 Å². The molecule has 0 spiro atoms. The highest BCUT2D eigenvalue weighted by molar-refractivity contribution is 6.30. The smallest absolute Gasteiger partial charge is 0.147 e. The lowest BCUT2D eigenvalue weighted by Gasteiger charge is -2.07. The number of halogens is 1. The molecule has 2 heterocycles. The van der Waals surface area contributed by atoms with Gasteiger partial charge in [0.2, 0.25) is 0 Å². The Bertz CT molecular complexity index is 499. The van der Waals surface area contributed by atoms with Gasteiger partial charge >= 0.3 is 0 Å². The Kier molecular flexibility index (Phi) is 3.56. The monoisotopic (exact) mass is 249 g/mol. The molecule has 0 saturated heterocycles. The van der Waals surface area contributed by atoms with Crippen molar-refractivity contribution in [3.8, 4) is 11.5 Å². The molecule has 0 fully saturated rings. The van der Waals surface area contributed by atoms with Crippen LogP contribution in [0.25, 0.3) is 0 Å². The Morgan fingerprint density at radius 3 is 2.65 bits per heavy atom. The maximum absolute atomic E-state index is 5.80. The second-order valence-electron chi connectivity index (χ2n) is 3.65. The van der Waals surface area contributed by atoms with E-state index < -0.39 is 0 Å². The minimum Gasteiger partial charge on any atom is -0.454 e. The Morgan fingerprint density at radius 1 is 1.24 bits per heavy atom. The molecule has 0 aliphatic carbocycles. The SMILES string of the molecule is C[C@@H](N)c1ccc(Oc2cncc(Cl)c2)cn1. The fraction of sp³-hybridized carbons (Fsp3) is 0.167. The fourth-order valence-electron chi connectivity index (χ4n) is 1.31. The van der Waals surface area contributed by atoms with Crippen molar-refractivity contribution in [3.05, 3.63) is 47.5 Å². The van der Waals surface area contributed by atoms with Crippen molar-refractivity contribution in [1.29, 1.82) is 0 Å². The molecule has 2 rings (SSSR count). The van der Waals surface area contributed by atoms with E-state index in [1.165, 1.54) is 0 Å². The van der Waals surface area contributed by atoms with Crippen LogP contribution in [0.15, 0.2) is 36.8 Å². The second kappa shape index (κ2) is 5.12. The molecule has 1 atom stereocenters. The molecule has 0 bridgehead atoms. The third-order valence-electron chi connectivity index (χ3n) is 2.14. The zero-order valence-electron chi connectivity index (χ0n) is 9.30. The molecule has 2 aromatic heterocycles. The van der Waals surface area contributed by atoms with Crippen LogP contribution in [0.5, 0.6) is 11.5 Å². The van der Waals surface area contributed by atoms with Crippen molar-refractivity contribution in [2.24, 2.45) is 5.73 Å². The molecule has 2 N–H and O–H groups in total. The van der Waals surface area contributed by atoms with E-state index in [0.29, 0.717) is 16.5 Å². The van der Waals surface area contributed by atoms with Crippen LogP contribution in [0.2, 0.25) is 5.02 Å². The van der Waals surface area contributed by atoms with Gasteiger partial charge in [-0.3, -0.25) is 9.97 Å². The predicted molar refractivity (Wildman–Crippen MR) is 66.2 cm³/mol. The van der Waals surface area contributed by atoms with Crippen LogP contribution in [0.4, 0.5) is 0 Å². The van der Waals surface area contributed by atoms with Crippen LogP contribution in [0, 0.1) is 0 Å². The lowest BCUT2D eigenvalue weighted by atomic mass is 10.2. The van der Waals surface area contributed by atoms with E-state index in [1.807, 2.05) is 19.1 Å². The molecule has 0 radical (unpaired) electrons. The van der Waals surface area contributed by atoms with Gasteiger partial charge in [0.05, 0.1) is 23.1 Å². The second-order valence-corrected chi connectivity index (χ2v) is 4.08. The van der Waals surface area contributed by atoms with E-state index in [1.54, 1.807) is 24.7 Å². The molecule has 0 aliphatic heterocycles. The molecule has 88 valence electrons. The first-order chi connectivity index (χ1) is 8.15. The van der Waals surface area contributed by atoms with E-state index in [-0.39, 0.29) is 6.04 Å². The molecule has 0 amide bonds. The lowest BCUT2D eigenvalue weighted by molar-refractivity contribution is 0.477. The van der Waals surface area contributed by atoms with Crippen molar-refractivity contribution in [2.75, 3.05) is 0 Å². The fourth-order valence-corrected chi connectivity index (χ4v) is 1.47. The predicted octanol–water partition coefficient (Wildman–Crippen LogP) is 2.94. The first-order valence-electron chi connectivity index (χ1n) is 5.15. The topological polar surface area (TPSA) is 61.0 Å². The van der Waals surface area contributed by atoms with Crippen molar-refractivity contribution >= 4 is 11.6 Å². The minimum absolute atomic E-state index is 0.0862. The first-order valence-corrected chi connectivity index (χ1v) is 5.53. The van der Waals surface area contributed by atoms with Gasteiger partial charge in [0, 0.05) is 18.3 Å². The highest BCUT2D eigenvalue weighted by Crippen LogP contribution is 2.22. The summed E-state index contributed by atoms with van der Waals surface area (Å²) in [6.07, 6.45) is 4.76. The zero-order valence-corrected chi connectivity index (χ0v) is 10.1. The van der Waals surface area contributed by atoms with E-state index in [4.69, 9.17) is 22.1 Å². The van der Waals surface area contributed by atoms with Gasteiger partial charge < -0.3 is 10.5 Å². The maximum atomic E-state index is 5.80. The van der Waals surface area contributed by atoms with Crippen molar-refractivity contribution < 1.29 is 4.74 Å². The van der Waals surface area contributed by atoms with Crippen molar-refractivity contribution in [3.63, 3.8) is 0 Å². The summed E-state index contributed by atoms with van der Waals surface area (Å²) in [5, 5.41) is 0.530. The molecule has 0 aromatic carbocycles. The number of aromatic nitrogens is 2. The molecule has 0 saturated carbocycles. The number of hydrogen-bond donors (Lipinski definition) is 1. The number of hydrogen-bond acceptors (Lipinski definition) is 4. The number of rotatable bonds is 3. The van der Waals surface area contributed by atoms with Crippen LogP contribution < -0.4 is 10.5 Å². The minimum atomic E-state index is -0.0862. The molecule has 17 heavy (non-hydrogen) atoms.